The zero-order chi connectivity index (χ0) is 12.6. The summed E-state index contributed by atoms with van der Waals surface area (Å²) in [5.74, 6) is 1.38. The zero-order valence-corrected chi connectivity index (χ0v) is 15.7. The fourth-order valence-electron chi connectivity index (χ4n) is 1.52. The molecule has 0 aliphatic carbocycles. The molecule has 2 rings (SSSR count). The van der Waals surface area contributed by atoms with Gasteiger partial charge < -0.3 is 4.74 Å². The molecule has 0 radical (unpaired) electrons. The van der Waals surface area contributed by atoms with Gasteiger partial charge in [-0.2, -0.15) is 0 Å². The average Bonchev–Trinajstić information content (AvgIpc) is 2.52. The number of hydrogen-bond donors (Lipinski definition) is 0. The molecule has 0 fully saturated rings. The minimum atomic E-state index is -0.342. The van der Waals surface area contributed by atoms with Crippen LogP contribution in [0.2, 0.25) is 10.0 Å². The Morgan fingerprint density at radius 3 is 2.22 bits per heavy atom. The SMILES string of the molecule is CC1(C)N=C(c2cc(Cl)cc(Cl)c2)OC1=CI.I. The molecule has 0 amide bonds. The van der Waals surface area contributed by atoms with E-state index >= 15 is 0 Å². The molecule has 0 N–H and O–H groups in total. The maximum Gasteiger partial charge on any atom is 0.222 e. The molecule has 0 bridgehead atoms. The largest absolute Gasteiger partial charge is 0.440 e. The van der Waals surface area contributed by atoms with Crippen molar-refractivity contribution in [1.29, 1.82) is 0 Å². The molecule has 0 unspecified atom stereocenters. The summed E-state index contributed by atoms with van der Waals surface area (Å²) in [6.45, 7) is 3.99. The number of rotatable bonds is 1. The van der Waals surface area contributed by atoms with Gasteiger partial charge in [-0.3, -0.25) is 0 Å². The van der Waals surface area contributed by atoms with Crippen molar-refractivity contribution in [1.82, 2.24) is 0 Å². The van der Waals surface area contributed by atoms with E-state index in [2.05, 4.69) is 27.6 Å². The van der Waals surface area contributed by atoms with E-state index in [1.165, 1.54) is 0 Å². The van der Waals surface area contributed by atoms with Crippen LogP contribution in [0.1, 0.15) is 19.4 Å². The Hall–Kier alpha value is 0.470. The molecular formula is C12H11Cl2I2NO. The Morgan fingerprint density at radius 2 is 1.78 bits per heavy atom. The molecule has 0 saturated carbocycles. The van der Waals surface area contributed by atoms with Crippen LogP contribution in [0.15, 0.2) is 33.0 Å². The third-order valence-corrected chi connectivity index (χ3v) is 3.40. The first kappa shape index (κ1) is 16.5. The van der Waals surface area contributed by atoms with E-state index < -0.39 is 0 Å². The summed E-state index contributed by atoms with van der Waals surface area (Å²) in [6, 6.07) is 5.26. The standard InChI is InChI=1S/C12H10Cl2INO.HI/c1-12(2)10(6-15)17-11(16-12)7-3-8(13)5-9(14)4-7;/h3-6H,1-2H3;1H. The molecule has 1 aliphatic rings. The van der Waals surface area contributed by atoms with Crippen LogP contribution in [0, 0.1) is 0 Å². The lowest BCUT2D eigenvalue weighted by atomic mass is 10.1. The van der Waals surface area contributed by atoms with Crippen molar-refractivity contribution in [2.45, 2.75) is 19.4 Å². The number of hydrogen-bond acceptors (Lipinski definition) is 2. The topological polar surface area (TPSA) is 21.6 Å². The Kier molecular flexibility index (Phi) is 5.77. The first-order valence-electron chi connectivity index (χ1n) is 4.97. The van der Waals surface area contributed by atoms with Gasteiger partial charge >= 0.3 is 0 Å². The molecule has 18 heavy (non-hydrogen) atoms. The first-order chi connectivity index (χ1) is 7.92. The minimum absolute atomic E-state index is 0. The fourth-order valence-corrected chi connectivity index (χ4v) is 2.93. The second-order valence-electron chi connectivity index (χ2n) is 4.21. The highest BCUT2D eigenvalue weighted by Crippen LogP contribution is 2.32. The van der Waals surface area contributed by atoms with Crippen LogP contribution in [-0.2, 0) is 4.74 Å². The smallest absolute Gasteiger partial charge is 0.222 e. The van der Waals surface area contributed by atoms with Gasteiger partial charge in [0, 0.05) is 19.7 Å². The molecule has 1 aliphatic heterocycles. The van der Waals surface area contributed by atoms with Crippen LogP contribution in [0.4, 0.5) is 0 Å². The number of ether oxygens (including phenoxy) is 1. The summed E-state index contributed by atoms with van der Waals surface area (Å²) < 4.78 is 7.60. The van der Waals surface area contributed by atoms with Gasteiger partial charge in [-0.15, -0.1) is 24.0 Å². The summed E-state index contributed by atoms with van der Waals surface area (Å²) in [5.41, 5.74) is 0.453. The zero-order valence-electron chi connectivity index (χ0n) is 9.71. The van der Waals surface area contributed by atoms with Crippen LogP contribution in [0.3, 0.4) is 0 Å². The summed E-state index contributed by atoms with van der Waals surface area (Å²) in [5, 5.41) is 1.15. The van der Waals surface area contributed by atoms with Crippen molar-refractivity contribution in [2.24, 2.45) is 4.99 Å². The average molecular weight is 510 g/mol. The maximum atomic E-state index is 5.96. The van der Waals surface area contributed by atoms with Crippen molar-refractivity contribution in [2.75, 3.05) is 0 Å². The van der Waals surface area contributed by atoms with Gasteiger partial charge in [0.25, 0.3) is 0 Å². The van der Waals surface area contributed by atoms with Gasteiger partial charge in [0.1, 0.15) is 11.3 Å². The van der Waals surface area contributed by atoms with Crippen molar-refractivity contribution >= 4 is 75.7 Å². The lowest BCUT2D eigenvalue weighted by Gasteiger charge is -2.12. The Balaban J connectivity index is 0.00000162. The van der Waals surface area contributed by atoms with E-state index in [9.17, 15) is 0 Å². The second kappa shape index (κ2) is 6.28. The molecule has 1 heterocycles. The Labute approximate surface area is 147 Å². The van der Waals surface area contributed by atoms with E-state index in [-0.39, 0.29) is 29.5 Å². The molecular weight excluding hydrogens is 499 g/mol. The van der Waals surface area contributed by atoms with Gasteiger partial charge in [0.05, 0.1) is 0 Å². The van der Waals surface area contributed by atoms with Gasteiger partial charge in [0.15, 0.2) is 0 Å². The van der Waals surface area contributed by atoms with Gasteiger partial charge in [-0.25, -0.2) is 4.99 Å². The third-order valence-electron chi connectivity index (χ3n) is 2.40. The lowest BCUT2D eigenvalue weighted by Crippen LogP contribution is -2.14. The molecule has 1 aromatic rings. The quantitative estimate of drug-likeness (QED) is 0.462. The predicted octanol–water partition coefficient (Wildman–Crippen LogP) is 5.44. The summed E-state index contributed by atoms with van der Waals surface area (Å²) >= 11 is 14.1. The van der Waals surface area contributed by atoms with Crippen LogP contribution in [0.25, 0.3) is 0 Å². The van der Waals surface area contributed by atoms with Crippen molar-refractivity contribution in [3.63, 3.8) is 0 Å². The van der Waals surface area contributed by atoms with Crippen molar-refractivity contribution < 1.29 is 4.74 Å². The second-order valence-corrected chi connectivity index (χ2v) is 5.71. The fraction of sp³-hybridized carbons (Fsp3) is 0.250. The van der Waals surface area contributed by atoms with Gasteiger partial charge in [-0.05, 0) is 54.6 Å². The molecule has 6 heteroatoms. The first-order valence-corrected chi connectivity index (χ1v) is 6.97. The maximum absolute atomic E-state index is 5.96. The summed E-state index contributed by atoms with van der Waals surface area (Å²) in [7, 11) is 0. The van der Waals surface area contributed by atoms with Crippen molar-refractivity contribution in [3.05, 3.63) is 43.6 Å². The predicted molar refractivity (Wildman–Crippen MR) is 95.7 cm³/mol. The van der Waals surface area contributed by atoms with E-state index in [1.807, 2.05) is 17.9 Å². The number of aliphatic imine (C=N–C) groups is 1. The Morgan fingerprint density at radius 1 is 1.22 bits per heavy atom. The van der Waals surface area contributed by atoms with E-state index in [4.69, 9.17) is 27.9 Å². The molecule has 0 saturated heterocycles. The summed E-state index contributed by atoms with van der Waals surface area (Å²) in [4.78, 5) is 4.53. The van der Waals surface area contributed by atoms with E-state index in [1.54, 1.807) is 18.2 Å². The molecule has 98 valence electrons. The molecule has 1 aromatic carbocycles. The minimum Gasteiger partial charge on any atom is -0.440 e. The molecule has 0 spiro atoms. The van der Waals surface area contributed by atoms with E-state index in [0.29, 0.717) is 15.9 Å². The molecule has 2 nitrogen and oxygen atoms in total. The van der Waals surface area contributed by atoms with Gasteiger partial charge in [-0.1, -0.05) is 23.2 Å². The monoisotopic (exact) mass is 509 g/mol. The molecule has 0 atom stereocenters. The Bertz CT molecular complexity index is 507. The lowest BCUT2D eigenvalue weighted by molar-refractivity contribution is 0.384. The summed E-state index contributed by atoms with van der Waals surface area (Å²) in [6.07, 6.45) is 0. The van der Waals surface area contributed by atoms with Crippen LogP contribution >= 0.6 is 69.8 Å². The van der Waals surface area contributed by atoms with Gasteiger partial charge in [0.2, 0.25) is 5.90 Å². The highest BCUT2D eigenvalue weighted by Gasteiger charge is 2.33. The van der Waals surface area contributed by atoms with Crippen LogP contribution < -0.4 is 0 Å². The number of benzene rings is 1. The number of nitrogens with zero attached hydrogens (tertiary/aromatic N) is 1. The van der Waals surface area contributed by atoms with Crippen LogP contribution in [-0.4, -0.2) is 11.4 Å². The molecule has 0 aromatic heterocycles. The third kappa shape index (κ3) is 3.52. The highest BCUT2D eigenvalue weighted by molar-refractivity contribution is 14.1. The van der Waals surface area contributed by atoms with E-state index in [0.717, 1.165) is 11.3 Å². The van der Waals surface area contributed by atoms with Crippen molar-refractivity contribution in [3.8, 4) is 0 Å². The number of halogens is 4. The van der Waals surface area contributed by atoms with Crippen LogP contribution in [0.5, 0.6) is 0 Å². The normalized spacial score (nSPS) is 19.2. The highest BCUT2D eigenvalue weighted by atomic mass is 127.